The van der Waals surface area contributed by atoms with Gasteiger partial charge in [0.25, 0.3) is 5.91 Å². The summed E-state index contributed by atoms with van der Waals surface area (Å²) in [7, 11) is 1.35. The maximum absolute atomic E-state index is 13.4. The summed E-state index contributed by atoms with van der Waals surface area (Å²) < 4.78 is 26.5. The number of likely N-dealkylation sites (N-methyl/N-ethyl adjacent to an activating group) is 1. The lowest BCUT2D eigenvalue weighted by Crippen LogP contribution is -2.40. The SMILES string of the molecule is CNC(=O)C(NC(=O)CCNC(=O)c1ccc(Cl)cc1)c1ccc(F)c(F)c1. The van der Waals surface area contributed by atoms with E-state index in [1.807, 2.05) is 0 Å². The Morgan fingerprint density at radius 3 is 2.32 bits per heavy atom. The molecule has 3 N–H and O–H groups in total. The van der Waals surface area contributed by atoms with Crippen molar-refractivity contribution in [3.05, 3.63) is 70.2 Å². The van der Waals surface area contributed by atoms with Crippen LogP contribution in [0.1, 0.15) is 28.4 Å². The summed E-state index contributed by atoms with van der Waals surface area (Å²) in [4.78, 5) is 36.1. The Bertz CT molecular complexity index is 875. The van der Waals surface area contributed by atoms with E-state index in [-0.39, 0.29) is 24.4 Å². The molecular formula is C19H18ClF2N3O3. The van der Waals surface area contributed by atoms with E-state index in [0.29, 0.717) is 10.6 Å². The molecule has 0 radical (unpaired) electrons. The fourth-order valence-corrected chi connectivity index (χ4v) is 2.49. The van der Waals surface area contributed by atoms with Crippen LogP contribution in [0.5, 0.6) is 0 Å². The van der Waals surface area contributed by atoms with Crippen LogP contribution in [-0.2, 0) is 9.59 Å². The lowest BCUT2D eigenvalue weighted by atomic mass is 10.1. The molecule has 0 aliphatic heterocycles. The van der Waals surface area contributed by atoms with Crippen molar-refractivity contribution in [2.24, 2.45) is 0 Å². The second-order valence-electron chi connectivity index (χ2n) is 5.80. The van der Waals surface area contributed by atoms with Crippen LogP contribution in [0.4, 0.5) is 8.78 Å². The highest BCUT2D eigenvalue weighted by atomic mass is 35.5. The molecule has 0 aliphatic rings. The van der Waals surface area contributed by atoms with Gasteiger partial charge in [-0.15, -0.1) is 0 Å². The van der Waals surface area contributed by atoms with Gasteiger partial charge in [0.15, 0.2) is 11.6 Å². The van der Waals surface area contributed by atoms with Crippen molar-refractivity contribution in [2.75, 3.05) is 13.6 Å². The molecule has 0 aliphatic carbocycles. The van der Waals surface area contributed by atoms with Crippen LogP contribution in [0.15, 0.2) is 42.5 Å². The number of hydrogen-bond acceptors (Lipinski definition) is 3. The summed E-state index contributed by atoms with van der Waals surface area (Å²) in [5, 5.41) is 7.86. The smallest absolute Gasteiger partial charge is 0.251 e. The van der Waals surface area contributed by atoms with E-state index in [4.69, 9.17) is 11.6 Å². The first-order chi connectivity index (χ1) is 13.3. The lowest BCUT2D eigenvalue weighted by molar-refractivity contribution is -0.128. The molecule has 1 unspecified atom stereocenters. The first-order valence-corrected chi connectivity index (χ1v) is 8.69. The summed E-state index contributed by atoms with van der Waals surface area (Å²) in [5.41, 5.74) is 0.478. The molecule has 0 aromatic heterocycles. The number of carbonyl (C=O) groups is 3. The largest absolute Gasteiger partial charge is 0.357 e. The van der Waals surface area contributed by atoms with E-state index in [9.17, 15) is 23.2 Å². The lowest BCUT2D eigenvalue weighted by Gasteiger charge is -2.18. The molecule has 9 heteroatoms. The number of halogens is 3. The van der Waals surface area contributed by atoms with E-state index in [1.54, 1.807) is 24.3 Å². The molecule has 0 bridgehead atoms. The van der Waals surface area contributed by atoms with Crippen LogP contribution in [0.3, 0.4) is 0 Å². The molecule has 2 rings (SSSR count). The van der Waals surface area contributed by atoms with Gasteiger partial charge < -0.3 is 16.0 Å². The van der Waals surface area contributed by atoms with Gasteiger partial charge in [0, 0.05) is 30.6 Å². The van der Waals surface area contributed by atoms with Gasteiger partial charge in [-0.1, -0.05) is 17.7 Å². The fourth-order valence-electron chi connectivity index (χ4n) is 2.36. The second-order valence-corrected chi connectivity index (χ2v) is 6.24. The van der Waals surface area contributed by atoms with Crippen LogP contribution in [0.25, 0.3) is 0 Å². The fraction of sp³-hybridized carbons (Fsp3) is 0.211. The Morgan fingerprint density at radius 1 is 1.04 bits per heavy atom. The molecule has 0 saturated heterocycles. The Kier molecular flexibility index (Phi) is 7.45. The maximum atomic E-state index is 13.4. The van der Waals surface area contributed by atoms with Gasteiger partial charge in [-0.25, -0.2) is 8.78 Å². The monoisotopic (exact) mass is 409 g/mol. The Hall–Kier alpha value is -3.00. The third kappa shape index (κ3) is 5.75. The standard InChI is InChI=1S/C19H18ClF2N3O3/c1-23-19(28)17(12-4-7-14(21)15(22)10-12)25-16(26)8-9-24-18(27)11-2-5-13(20)6-3-11/h2-7,10,17H,8-9H2,1H3,(H,23,28)(H,24,27)(H,25,26). The zero-order chi connectivity index (χ0) is 20.7. The first-order valence-electron chi connectivity index (χ1n) is 8.31. The average Bonchev–Trinajstić information content (AvgIpc) is 2.68. The average molecular weight is 410 g/mol. The molecule has 6 nitrogen and oxygen atoms in total. The summed E-state index contributed by atoms with van der Waals surface area (Å²) >= 11 is 5.76. The van der Waals surface area contributed by atoms with Crippen molar-refractivity contribution in [2.45, 2.75) is 12.5 Å². The highest BCUT2D eigenvalue weighted by Gasteiger charge is 2.23. The van der Waals surface area contributed by atoms with Crippen molar-refractivity contribution in [1.82, 2.24) is 16.0 Å². The van der Waals surface area contributed by atoms with Gasteiger partial charge in [0.1, 0.15) is 6.04 Å². The quantitative estimate of drug-likeness (QED) is 0.656. The molecule has 3 amide bonds. The third-order valence-corrected chi connectivity index (χ3v) is 4.09. The van der Waals surface area contributed by atoms with E-state index in [0.717, 1.165) is 12.1 Å². The number of benzene rings is 2. The van der Waals surface area contributed by atoms with E-state index >= 15 is 0 Å². The summed E-state index contributed by atoms with van der Waals surface area (Å²) in [5.74, 6) is -3.71. The van der Waals surface area contributed by atoms with E-state index in [1.165, 1.54) is 13.1 Å². The Labute approximate surface area is 165 Å². The van der Waals surface area contributed by atoms with E-state index in [2.05, 4.69) is 16.0 Å². The molecule has 0 spiro atoms. The molecule has 2 aromatic rings. The van der Waals surface area contributed by atoms with Crippen LogP contribution < -0.4 is 16.0 Å². The summed E-state index contributed by atoms with van der Waals surface area (Å²) in [6, 6.07) is 7.96. The molecular weight excluding hydrogens is 392 g/mol. The molecule has 1 atom stereocenters. The van der Waals surface area contributed by atoms with Crippen LogP contribution in [0.2, 0.25) is 5.02 Å². The highest BCUT2D eigenvalue weighted by molar-refractivity contribution is 6.30. The highest BCUT2D eigenvalue weighted by Crippen LogP contribution is 2.17. The number of rotatable bonds is 7. The molecule has 0 saturated carbocycles. The maximum Gasteiger partial charge on any atom is 0.251 e. The Morgan fingerprint density at radius 2 is 1.71 bits per heavy atom. The normalized spacial score (nSPS) is 11.4. The van der Waals surface area contributed by atoms with Crippen LogP contribution in [0, 0.1) is 11.6 Å². The molecule has 2 aromatic carbocycles. The minimum Gasteiger partial charge on any atom is -0.357 e. The second kappa shape index (κ2) is 9.80. The molecule has 28 heavy (non-hydrogen) atoms. The first kappa shape index (κ1) is 21.3. The van der Waals surface area contributed by atoms with Crippen molar-refractivity contribution in [1.29, 1.82) is 0 Å². The summed E-state index contributed by atoms with van der Waals surface area (Å²) in [6.07, 6.45) is -0.115. The molecule has 0 heterocycles. The van der Waals surface area contributed by atoms with E-state index < -0.39 is 29.5 Å². The van der Waals surface area contributed by atoms with Gasteiger partial charge in [0.05, 0.1) is 0 Å². The third-order valence-electron chi connectivity index (χ3n) is 3.83. The Balaban J connectivity index is 1.94. The van der Waals surface area contributed by atoms with Crippen molar-refractivity contribution >= 4 is 29.3 Å². The van der Waals surface area contributed by atoms with Gasteiger partial charge in [-0.05, 0) is 42.0 Å². The van der Waals surface area contributed by atoms with Crippen LogP contribution >= 0.6 is 11.6 Å². The predicted molar refractivity (Wildman–Crippen MR) is 99.7 cm³/mol. The van der Waals surface area contributed by atoms with Gasteiger partial charge in [-0.2, -0.15) is 0 Å². The topological polar surface area (TPSA) is 87.3 Å². The predicted octanol–water partition coefficient (Wildman–Crippen LogP) is 2.34. The van der Waals surface area contributed by atoms with Crippen molar-refractivity contribution < 1.29 is 23.2 Å². The minimum atomic E-state index is -1.19. The molecule has 148 valence electrons. The van der Waals surface area contributed by atoms with Gasteiger partial charge in [0.2, 0.25) is 11.8 Å². The number of nitrogens with one attached hydrogen (secondary N) is 3. The number of hydrogen-bond donors (Lipinski definition) is 3. The zero-order valence-electron chi connectivity index (χ0n) is 14.9. The van der Waals surface area contributed by atoms with Gasteiger partial charge in [-0.3, -0.25) is 14.4 Å². The van der Waals surface area contributed by atoms with Crippen LogP contribution in [-0.4, -0.2) is 31.3 Å². The van der Waals surface area contributed by atoms with Crippen molar-refractivity contribution in [3.8, 4) is 0 Å². The molecule has 0 fully saturated rings. The summed E-state index contributed by atoms with van der Waals surface area (Å²) in [6.45, 7) is 0.0194. The van der Waals surface area contributed by atoms with Gasteiger partial charge >= 0.3 is 0 Å². The number of carbonyl (C=O) groups excluding carboxylic acids is 3. The minimum absolute atomic E-state index is 0.0194. The zero-order valence-corrected chi connectivity index (χ0v) is 15.6. The van der Waals surface area contributed by atoms with Crippen molar-refractivity contribution in [3.63, 3.8) is 0 Å². The number of amides is 3.